The van der Waals surface area contributed by atoms with Crippen LogP contribution >= 0.6 is 0 Å². The van der Waals surface area contributed by atoms with Gasteiger partial charge in [-0.2, -0.15) is 0 Å². The Kier molecular flexibility index (Phi) is 3.05. The van der Waals surface area contributed by atoms with E-state index in [1.165, 1.54) is 0 Å². The predicted molar refractivity (Wildman–Crippen MR) is 55.3 cm³/mol. The Morgan fingerprint density at radius 3 is 1.12 bits per heavy atom. The van der Waals surface area contributed by atoms with Crippen molar-refractivity contribution in [2.45, 2.75) is 24.2 Å². The van der Waals surface area contributed by atoms with Crippen LogP contribution in [0.2, 0.25) is 3.46 Å². The average Bonchev–Trinajstić information content (AvgIpc) is 1.25. The molecule has 0 unspecified atom stereocenters. The normalized spacial score (nSPS) is 25.4. The molecular formula is C4H18Si3Te. The molecule has 0 fully saturated rings. The molecule has 0 aromatic rings. The molecule has 0 spiro atoms. The zero-order chi connectivity index (χ0) is 7.00. The standard InChI is InChI=1S/C4H18Si3Te/c1-4(2,3)8(5,6)7/h1-3,5-7H3. The summed E-state index contributed by atoms with van der Waals surface area (Å²) in [5.41, 5.74) is 0. The van der Waals surface area contributed by atoms with Crippen LogP contribution in [0.3, 0.4) is 0 Å². The summed E-state index contributed by atoms with van der Waals surface area (Å²) in [7, 11) is 4.80. The fraction of sp³-hybridized carbons (Fsp3) is 1.00. The van der Waals surface area contributed by atoms with Gasteiger partial charge in [-0.3, -0.25) is 0 Å². The van der Waals surface area contributed by atoms with Gasteiger partial charge in [0.2, 0.25) is 0 Å². The molecule has 0 amide bonds. The van der Waals surface area contributed by atoms with Crippen molar-refractivity contribution in [3.05, 3.63) is 0 Å². The SMILES string of the molecule is CC(C)(C)[Te]([SiH3])([SiH3])[SiH3]. The average molecular weight is 278 g/mol. The van der Waals surface area contributed by atoms with Crippen LogP contribution in [-0.4, -0.2) is 39.2 Å². The Balaban J connectivity index is 4.02. The Hall–Kier alpha value is 1.44. The minimum absolute atomic E-state index is 0.813. The Labute approximate surface area is 63.2 Å². The van der Waals surface area contributed by atoms with Gasteiger partial charge in [0.1, 0.15) is 0 Å². The van der Waals surface area contributed by atoms with Gasteiger partial charge < -0.3 is 0 Å². The molecule has 0 rings (SSSR count). The number of hydrogen-bond donors (Lipinski definition) is 0. The Morgan fingerprint density at radius 2 is 1.12 bits per heavy atom. The van der Waals surface area contributed by atoms with Gasteiger partial charge >= 0.3 is 63.4 Å². The third-order valence-corrected chi connectivity index (χ3v) is 37.0. The second-order valence-electron chi connectivity index (χ2n) is 3.95. The molecule has 0 aliphatic carbocycles. The molecule has 0 heterocycles. The monoisotopic (exact) mass is 280 g/mol. The number of rotatable bonds is 0. The van der Waals surface area contributed by atoms with Crippen molar-refractivity contribution in [2.75, 3.05) is 0 Å². The van der Waals surface area contributed by atoms with Crippen LogP contribution in [0, 0.1) is 0 Å². The van der Waals surface area contributed by atoms with Crippen LogP contribution in [-0.2, 0) is 0 Å². The van der Waals surface area contributed by atoms with E-state index < -0.39 is 15.8 Å². The van der Waals surface area contributed by atoms with Crippen LogP contribution in [0.4, 0.5) is 0 Å². The summed E-state index contributed by atoms with van der Waals surface area (Å²) >= 11 is -0.919. The van der Waals surface area contributed by atoms with E-state index in [4.69, 9.17) is 0 Å². The van der Waals surface area contributed by atoms with Crippen molar-refractivity contribution in [1.29, 1.82) is 0 Å². The molecule has 0 bridgehead atoms. The van der Waals surface area contributed by atoms with Gasteiger partial charge in [0, 0.05) is 0 Å². The molecule has 0 atom stereocenters. The van der Waals surface area contributed by atoms with Crippen molar-refractivity contribution in [3.63, 3.8) is 0 Å². The molecule has 0 saturated heterocycles. The summed E-state index contributed by atoms with van der Waals surface area (Å²) in [6.45, 7) is 7.38. The van der Waals surface area contributed by atoms with Gasteiger partial charge in [-0.15, -0.1) is 0 Å². The van der Waals surface area contributed by atoms with E-state index in [9.17, 15) is 0 Å². The van der Waals surface area contributed by atoms with Crippen LogP contribution < -0.4 is 0 Å². The quantitative estimate of drug-likeness (QED) is 0.442. The fourth-order valence-electron chi connectivity index (χ4n) is 0. The second kappa shape index (κ2) is 2.59. The van der Waals surface area contributed by atoms with Gasteiger partial charge in [-0.1, -0.05) is 0 Å². The van der Waals surface area contributed by atoms with E-state index in [0.717, 1.165) is 3.46 Å². The molecule has 0 saturated carbocycles. The first kappa shape index (κ1) is 9.44. The van der Waals surface area contributed by atoms with Crippen LogP contribution in [0.15, 0.2) is 0 Å². The van der Waals surface area contributed by atoms with Gasteiger partial charge in [0.15, 0.2) is 0 Å². The van der Waals surface area contributed by atoms with Gasteiger partial charge in [0.05, 0.1) is 0 Å². The third-order valence-electron chi connectivity index (χ3n) is 1.84. The first-order valence-corrected chi connectivity index (χ1v) is 27.5. The second-order valence-corrected chi connectivity index (χ2v) is 91.9. The van der Waals surface area contributed by atoms with Crippen molar-refractivity contribution in [1.82, 2.24) is 0 Å². The molecule has 0 aliphatic rings. The summed E-state index contributed by atoms with van der Waals surface area (Å²) in [6.07, 6.45) is 0. The van der Waals surface area contributed by atoms with Crippen LogP contribution in [0.25, 0.3) is 0 Å². The topological polar surface area (TPSA) is 0 Å². The molecular weight excluding hydrogens is 260 g/mol. The zero-order valence-corrected chi connectivity index (χ0v) is 15.2. The van der Waals surface area contributed by atoms with E-state index in [-0.39, 0.29) is 0 Å². The first-order chi connectivity index (χ1) is 3.25. The Morgan fingerprint density at radius 1 is 1.00 bits per heavy atom. The van der Waals surface area contributed by atoms with Gasteiger partial charge in [-0.05, 0) is 0 Å². The van der Waals surface area contributed by atoms with Crippen molar-refractivity contribution >= 4 is 39.2 Å². The van der Waals surface area contributed by atoms with Gasteiger partial charge in [0.25, 0.3) is 0 Å². The Bertz CT molecular complexity index is 66.3. The van der Waals surface area contributed by atoms with Crippen molar-refractivity contribution < 1.29 is 0 Å². The number of hydrogen-bond acceptors (Lipinski definition) is 0. The van der Waals surface area contributed by atoms with Crippen molar-refractivity contribution in [3.8, 4) is 0 Å². The van der Waals surface area contributed by atoms with E-state index in [1.54, 1.807) is 23.4 Å². The molecule has 4 heteroatoms. The molecule has 0 aromatic heterocycles. The molecule has 0 radical (unpaired) electrons. The summed E-state index contributed by atoms with van der Waals surface area (Å²) in [5.74, 6) is 0. The van der Waals surface area contributed by atoms with Crippen molar-refractivity contribution in [2.24, 2.45) is 0 Å². The van der Waals surface area contributed by atoms with E-state index in [1.807, 2.05) is 0 Å². The molecule has 52 valence electrons. The first-order valence-electron chi connectivity index (χ1n) is 2.93. The molecule has 0 nitrogen and oxygen atoms in total. The molecule has 8 heavy (non-hydrogen) atoms. The molecule has 0 N–H and O–H groups in total. The fourth-order valence-corrected chi connectivity index (χ4v) is 0. The maximum atomic E-state index is 2.46. The summed E-state index contributed by atoms with van der Waals surface area (Å²) in [5, 5.41) is 0. The van der Waals surface area contributed by atoms with Gasteiger partial charge in [-0.25, -0.2) is 0 Å². The van der Waals surface area contributed by atoms with E-state index in [2.05, 4.69) is 20.8 Å². The van der Waals surface area contributed by atoms with E-state index >= 15 is 0 Å². The van der Waals surface area contributed by atoms with E-state index in [0.29, 0.717) is 0 Å². The van der Waals surface area contributed by atoms with Crippen LogP contribution in [0.1, 0.15) is 20.8 Å². The summed E-state index contributed by atoms with van der Waals surface area (Å²) in [6, 6.07) is 0. The molecule has 0 aliphatic heterocycles. The predicted octanol–water partition coefficient (Wildman–Crippen LogP) is -2.18. The third kappa shape index (κ3) is 2.83. The molecule has 0 aromatic carbocycles. The zero-order valence-electron chi connectivity index (χ0n) is 6.91. The summed E-state index contributed by atoms with van der Waals surface area (Å²) in [4.78, 5) is 0. The van der Waals surface area contributed by atoms with Crippen LogP contribution in [0.5, 0.6) is 0 Å². The summed E-state index contributed by atoms with van der Waals surface area (Å²) < 4.78 is 0.813. The minimum atomic E-state index is -0.919. The maximum absolute atomic E-state index is 2.46.